The highest BCUT2D eigenvalue weighted by Gasteiger charge is 2.18. The van der Waals surface area contributed by atoms with Gasteiger partial charge in [-0.05, 0) is 31.0 Å². The van der Waals surface area contributed by atoms with Gasteiger partial charge in [-0.15, -0.1) is 0 Å². The minimum Gasteiger partial charge on any atom is -0.493 e. The van der Waals surface area contributed by atoms with Gasteiger partial charge >= 0.3 is 5.97 Å². The van der Waals surface area contributed by atoms with Crippen LogP contribution in [0.25, 0.3) is 0 Å². The number of nitrogens with one attached hydrogen (secondary N) is 1. The third-order valence-corrected chi connectivity index (χ3v) is 2.80. The number of aliphatic carboxylic acids is 1. The van der Waals surface area contributed by atoms with E-state index in [1.807, 2.05) is 38.1 Å². The van der Waals surface area contributed by atoms with Crippen molar-refractivity contribution in [3.05, 3.63) is 29.8 Å². The van der Waals surface area contributed by atoms with Crippen molar-refractivity contribution in [1.82, 2.24) is 5.32 Å². The molecule has 0 bridgehead atoms. The minimum absolute atomic E-state index is 0.140. The second-order valence-electron chi connectivity index (χ2n) is 4.66. The SMILES string of the molecule is CCC[C@H](NC(=O)CCOc1cccc(C)c1)C(=O)O. The van der Waals surface area contributed by atoms with Crippen molar-refractivity contribution in [2.75, 3.05) is 6.61 Å². The first kappa shape index (κ1) is 16.0. The molecule has 0 aliphatic rings. The summed E-state index contributed by atoms with van der Waals surface area (Å²) < 4.78 is 5.45. The number of carbonyl (C=O) groups is 2. The van der Waals surface area contributed by atoms with E-state index in [0.29, 0.717) is 18.6 Å². The number of carboxylic acids is 1. The Kier molecular flexibility index (Phi) is 6.56. The molecule has 5 nitrogen and oxygen atoms in total. The predicted molar refractivity (Wildman–Crippen MR) is 75.8 cm³/mol. The van der Waals surface area contributed by atoms with Gasteiger partial charge < -0.3 is 15.2 Å². The molecule has 20 heavy (non-hydrogen) atoms. The quantitative estimate of drug-likeness (QED) is 0.764. The van der Waals surface area contributed by atoms with Gasteiger partial charge in [-0.1, -0.05) is 25.5 Å². The molecule has 0 aliphatic carbocycles. The molecular weight excluding hydrogens is 258 g/mol. The first-order valence-electron chi connectivity index (χ1n) is 6.74. The fourth-order valence-corrected chi connectivity index (χ4v) is 1.78. The van der Waals surface area contributed by atoms with Crippen molar-refractivity contribution < 1.29 is 19.4 Å². The van der Waals surface area contributed by atoms with Crippen LogP contribution in [0, 0.1) is 6.92 Å². The molecule has 0 saturated carbocycles. The fourth-order valence-electron chi connectivity index (χ4n) is 1.78. The first-order chi connectivity index (χ1) is 9.52. The molecule has 1 atom stereocenters. The Balaban J connectivity index is 2.34. The van der Waals surface area contributed by atoms with Crippen molar-refractivity contribution in [1.29, 1.82) is 0 Å². The Morgan fingerprint density at radius 1 is 1.40 bits per heavy atom. The molecule has 5 heteroatoms. The number of carboxylic acid groups (broad SMARTS) is 1. The van der Waals surface area contributed by atoms with Crippen LogP contribution in [0.4, 0.5) is 0 Å². The van der Waals surface area contributed by atoms with Crippen LogP contribution in [0.15, 0.2) is 24.3 Å². The summed E-state index contributed by atoms with van der Waals surface area (Å²) in [6, 6.07) is 6.73. The Hall–Kier alpha value is -2.04. The van der Waals surface area contributed by atoms with Crippen molar-refractivity contribution >= 4 is 11.9 Å². The number of rotatable bonds is 8. The standard InChI is InChI=1S/C15H21NO4/c1-3-5-13(15(18)19)16-14(17)8-9-20-12-7-4-6-11(2)10-12/h4,6-7,10,13H,3,5,8-9H2,1-2H3,(H,16,17)(H,18,19)/t13-/m0/s1. The monoisotopic (exact) mass is 279 g/mol. The molecule has 1 amide bonds. The molecule has 0 saturated heterocycles. The summed E-state index contributed by atoms with van der Waals surface area (Å²) in [7, 11) is 0. The molecule has 110 valence electrons. The van der Waals surface area contributed by atoms with E-state index in [1.54, 1.807) is 0 Å². The third kappa shape index (κ3) is 5.73. The summed E-state index contributed by atoms with van der Waals surface area (Å²) in [6.07, 6.45) is 1.28. The molecule has 0 fully saturated rings. The smallest absolute Gasteiger partial charge is 0.326 e. The topological polar surface area (TPSA) is 75.6 Å². The van der Waals surface area contributed by atoms with Crippen LogP contribution in [0.3, 0.4) is 0 Å². The van der Waals surface area contributed by atoms with Crippen LogP contribution in [0.1, 0.15) is 31.7 Å². The van der Waals surface area contributed by atoms with Gasteiger partial charge in [0.25, 0.3) is 0 Å². The van der Waals surface area contributed by atoms with E-state index in [-0.39, 0.29) is 18.9 Å². The van der Waals surface area contributed by atoms with Crippen molar-refractivity contribution in [3.63, 3.8) is 0 Å². The van der Waals surface area contributed by atoms with E-state index in [2.05, 4.69) is 5.32 Å². The molecule has 1 aromatic carbocycles. The molecular formula is C15H21NO4. The van der Waals surface area contributed by atoms with Crippen molar-refractivity contribution in [2.24, 2.45) is 0 Å². The Morgan fingerprint density at radius 3 is 2.75 bits per heavy atom. The molecule has 1 aromatic rings. The van der Waals surface area contributed by atoms with Gasteiger partial charge in [0.2, 0.25) is 5.91 Å². The number of benzene rings is 1. The summed E-state index contributed by atoms with van der Waals surface area (Å²) in [4.78, 5) is 22.5. The Bertz CT molecular complexity index is 459. The van der Waals surface area contributed by atoms with E-state index in [0.717, 1.165) is 5.56 Å². The average molecular weight is 279 g/mol. The summed E-state index contributed by atoms with van der Waals surface area (Å²) in [5, 5.41) is 11.4. The lowest BCUT2D eigenvalue weighted by atomic mass is 10.1. The highest BCUT2D eigenvalue weighted by atomic mass is 16.5. The molecule has 0 heterocycles. The molecule has 0 radical (unpaired) electrons. The normalized spacial score (nSPS) is 11.7. The average Bonchev–Trinajstić information content (AvgIpc) is 2.38. The van der Waals surface area contributed by atoms with E-state index in [1.165, 1.54) is 0 Å². The second-order valence-corrected chi connectivity index (χ2v) is 4.66. The predicted octanol–water partition coefficient (Wildman–Crippen LogP) is 2.13. The van der Waals surface area contributed by atoms with Crippen LogP contribution in [-0.4, -0.2) is 29.6 Å². The summed E-state index contributed by atoms with van der Waals surface area (Å²) in [5.41, 5.74) is 1.08. The van der Waals surface area contributed by atoms with Gasteiger partial charge in [0.15, 0.2) is 0 Å². The summed E-state index contributed by atoms with van der Waals surface area (Å²) in [6.45, 7) is 4.07. The summed E-state index contributed by atoms with van der Waals surface area (Å²) in [5.74, 6) is -0.598. The zero-order valence-electron chi connectivity index (χ0n) is 11.9. The van der Waals surface area contributed by atoms with E-state index in [9.17, 15) is 9.59 Å². The van der Waals surface area contributed by atoms with Gasteiger partial charge in [0, 0.05) is 0 Å². The highest BCUT2D eigenvalue weighted by molar-refractivity contribution is 5.83. The minimum atomic E-state index is -1.00. The Labute approximate surface area is 118 Å². The van der Waals surface area contributed by atoms with Gasteiger partial charge in [0.05, 0.1) is 13.0 Å². The van der Waals surface area contributed by atoms with Crippen LogP contribution >= 0.6 is 0 Å². The number of aryl methyl sites for hydroxylation is 1. The molecule has 2 N–H and O–H groups in total. The van der Waals surface area contributed by atoms with E-state index in [4.69, 9.17) is 9.84 Å². The van der Waals surface area contributed by atoms with Crippen LogP contribution in [-0.2, 0) is 9.59 Å². The molecule has 0 aliphatic heterocycles. The van der Waals surface area contributed by atoms with Gasteiger partial charge in [-0.2, -0.15) is 0 Å². The maximum Gasteiger partial charge on any atom is 0.326 e. The largest absolute Gasteiger partial charge is 0.493 e. The lowest BCUT2D eigenvalue weighted by Gasteiger charge is -2.13. The summed E-state index contributed by atoms with van der Waals surface area (Å²) >= 11 is 0. The zero-order chi connectivity index (χ0) is 15.0. The molecule has 0 unspecified atom stereocenters. The van der Waals surface area contributed by atoms with Gasteiger partial charge in [-0.25, -0.2) is 4.79 Å². The van der Waals surface area contributed by atoms with Crippen LogP contribution in [0.5, 0.6) is 5.75 Å². The second kappa shape index (κ2) is 8.19. The highest BCUT2D eigenvalue weighted by Crippen LogP contribution is 2.12. The first-order valence-corrected chi connectivity index (χ1v) is 6.74. The van der Waals surface area contributed by atoms with Crippen LogP contribution < -0.4 is 10.1 Å². The van der Waals surface area contributed by atoms with Gasteiger partial charge in [0.1, 0.15) is 11.8 Å². The maximum atomic E-state index is 11.6. The third-order valence-electron chi connectivity index (χ3n) is 2.80. The Morgan fingerprint density at radius 2 is 2.15 bits per heavy atom. The van der Waals surface area contributed by atoms with Gasteiger partial charge in [-0.3, -0.25) is 4.79 Å². The van der Waals surface area contributed by atoms with Crippen molar-refractivity contribution in [3.8, 4) is 5.75 Å². The molecule has 0 aromatic heterocycles. The fraction of sp³-hybridized carbons (Fsp3) is 0.467. The number of ether oxygens (including phenoxy) is 1. The number of hydrogen-bond acceptors (Lipinski definition) is 3. The van der Waals surface area contributed by atoms with Crippen molar-refractivity contribution in [2.45, 2.75) is 39.2 Å². The maximum absolute atomic E-state index is 11.6. The number of hydrogen-bond donors (Lipinski definition) is 2. The lowest BCUT2D eigenvalue weighted by Crippen LogP contribution is -2.41. The molecule has 0 spiro atoms. The number of amides is 1. The van der Waals surface area contributed by atoms with E-state index < -0.39 is 12.0 Å². The zero-order valence-corrected chi connectivity index (χ0v) is 11.9. The molecule has 1 rings (SSSR count). The van der Waals surface area contributed by atoms with Crippen LogP contribution in [0.2, 0.25) is 0 Å². The number of carbonyl (C=O) groups excluding carboxylic acids is 1. The lowest BCUT2D eigenvalue weighted by molar-refractivity contribution is -0.142. The van der Waals surface area contributed by atoms with E-state index >= 15 is 0 Å².